The molecule has 1 aliphatic heterocycles. The minimum Gasteiger partial charge on any atom is -0.495 e. The molecule has 0 aromatic heterocycles. The highest BCUT2D eigenvalue weighted by atomic mass is 32.2. The fourth-order valence-electron chi connectivity index (χ4n) is 4.47. The maximum absolute atomic E-state index is 13.3. The molecule has 0 bridgehead atoms. The van der Waals surface area contributed by atoms with Crippen molar-refractivity contribution in [1.82, 2.24) is 4.31 Å². The number of amides is 1. The van der Waals surface area contributed by atoms with Crippen LogP contribution in [0.25, 0.3) is 6.08 Å². The summed E-state index contributed by atoms with van der Waals surface area (Å²) in [7, 11) is 2.50. The third kappa shape index (κ3) is 6.32. The number of anilines is 2. The second-order valence-corrected chi connectivity index (χ2v) is 10.8. The first kappa shape index (κ1) is 28.8. The molecule has 212 valence electrons. The topological polar surface area (TPSA) is 107 Å². The van der Waals surface area contributed by atoms with Crippen molar-refractivity contribution in [1.29, 1.82) is 0 Å². The predicted octanol–water partition coefficient (Wildman–Crippen LogP) is 3.88. The lowest BCUT2D eigenvalue weighted by Crippen LogP contribution is -2.48. The lowest BCUT2D eigenvalue weighted by atomic mass is 10.1. The van der Waals surface area contributed by atoms with Crippen LogP contribution >= 0.6 is 0 Å². The first-order valence-corrected chi connectivity index (χ1v) is 14.0. The Morgan fingerprint density at radius 2 is 1.40 bits per heavy atom. The highest BCUT2D eigenvalue weighted by molar-refractivity contribution is 7.89. The Labute approximate surface area is 234 Å². The van der Waals surface area contributed by atoms with Crippen LogP contribution in [0.15, 0.2) is 71.6 Å². The minimum absolute atomic E-state index is 0.171. The van der Waals surface area contributed by atoms with Gasteiger partial charge in [-0.05, 0) is 60.2 Å². The molecule has 1 amide bonds. The molecule has 4 rings (SSSR count). The molecule has 1 aliphatic rings. The second-order valence-electron chi connectivity index (χ2n) is 8.87. The summed E-state index contributed by atoms with van der Waals surface area (Å²) in [6, 6.07) is 17.3. The van der Waals surface area contributed by atoms with Crippen molar-refractivity contribution in [2.45, 2.75) is 4.90 Å². The number of sulfonamides is 1. The van der Waals surface area contributed by atoms with Crippen LogP contribution < -0.4 is 29.2 Å². The normalized spacial score (nSPS) is 14.2. The predicted molar refractivity (Wildman–Crippen MR) is 154 cm³/mol. The maximum Gasteiger partial charge on any atom is 0.248 e. The third-order valence-corrected chi connectivity index (χ3v) is 8.45. The summed E-state index contributed by atoms with van der Waals surface area (Å²) in [5.74, 6) is 1.78. The number of nitrogens with zero attached hydrogens (tertiary/aromatic N) is 2. The van der Waals surface area contributed by atoms with Crippen LogP contribution in [0.2, 0.25) is 0 Å². The van der Waals surface area contributed by atoms with Crippen LogP contribution in [0.4, 0.5) is 11.4 Å². The van der Waals surface area contributed by atoms with Gasteiger partial charge in [-0.15, -0.1) is 0 Å². The molecule has 3 aromatic carbocycles. The molecule has 1 saturated heterocycles. The molecule has 0 atom stereocenters. The van der Waals surface area contributed by atoms with E-state index < -0.39 is 10.0 Å². The molecule has 0 unspecified atom stereocenters. The van der Waals surface area contributed by atoms with Gasteiger partial charge in [0.2, 0.25) is 21.7 Å². The van der Waals surface area contributed by atoms with Crippen LogP contribution in [0, 0.1) is 0 Å². The molecular formula is C29H33N3O7S. The van der Waals surface area contributed by atoms with E-state index in [9.17, 15) is 13.2 Å². The molecule has 1 heterocycles. The van der Waals surface area contributed by atoms with Crippen LogP contribution in [0.1, 0.15) is 5.56 Å². The van der Waals surface area contributed by atoms with Crippen LogP contribution in [-0.4, -0.2) is 73.2 Å². The number of hydrogen-bond acceptors (Lipinski definition) is 8. The zero-order chi connectivity index (χ0) is 28.7. The fourth-order valence-corrected chi connectivity index (χ4v) is 5.90. The molecule has 1 fully saturated rings. The summed E-state index contributed by atoms with van der Waals surface area (Å²) >= 11 is 0. The standard InChI is InChI=1S/C29H33N3O7S/c1-36-25-8-6-5-7-24(25)31-15-17-32(18-16-31)40(34,35)23-12-10-22(11-13-23)30-28(33)14-9-21-19-26(37-2)29(39-4)27(20-21)38-3/h5-14,19-20H,15-18H2,1-4H3,(H,30,33)/b14-9+. The number of rotatable bonds is 10. The highest BCUT2D eigenvalue weighted by Crippen LogP contribution is 2.38. The van der Waals surface area contributed by atoms with E-state index in [1.54, 1.807) is 37.5 Å². The monoisotopic (exact) mass is 567 g/mol. The summed E-state index contributed by atoms with van der Waals surface area (Å²) in [6.07, 6.45) is 2.98. The van der Waals surface area contributed by atoms with Crippen LogP contribution in [-0.2, 0) is 14.8 Å². The van der Waals surface area contributed by atoms with Gasteiger partial charge in [-0.3, -0.25) is 4.79 Å². The van der Waals surface area contributed by atoms with E-state index in [1.807, 2.05) is 24.3 Å². The number of hydrogen-bond donors (Lipinski definition) is 1. The molecule has 1 N–H and O–H groups in total. The van der Waals surface area contributed by atoms with Crippen molar-refractivity contribution in [3.8, 4) is 23.0 Å². The number of methoxy groups -OCH3 is 4. The van der Waals surface area contributed by atoms with E-state index in [0.717, 1.165) is 11.4 Å². The van der Waals surface area contributed by atoms with E-state index in [4.69, 9.17) is 18.9 Å². The Bertz CT molecular complexity index is 1440. The smallest absolute Gasteiger partial charge is 0.248 e. The number of nitrogens with one attached hydrogen (secondary N) is 1. The van der Waals surface area contributed by atoms with Crippen LogP contribution in [0.5, 0.6) is 23.0 Å². The zero-order valence-electron chi connectivity index (χ0n) is 22.9. The van der Waals surface area contributed by atoms with Gasteiger partial charge in [-0.2, -0.15) is 4.31 Å². The van der Waals surface area contributed by atoms with Gasteiger partial charge in [0.25, 0.3) is 0 Å². The number of benzene rings is 3. The fraction of sp³-hybridized carbons (Fsp3) is 0.276. The van der Waals surface area contributed by atoms with E-state index >= 15 is 0 Å². The molecule has 3 aromatic rings. The summed E-state index contributed by atoms with van der Waals surface area (Å²) in [5.41, 5.74) is 2.10. The lowest BCUT2D eigenvalue weighted by Gasteiger charge is -2.35. The molecule has 0 aliphatic carbocycles. The summed E-state index contributed by atoms with van der Waals surface area (Å²) < 4.78 is 49.4. The van der Waals surface area contributed by atoms with Gasteiger partial charge in [-0.25, -0.2) is 8.42 Å². The largest absolute Gasteiger partial charge is 0.495 e. The van der Waals surface area contributed by atoms with Crippen molar-refractivity contribution < 1.29 is 32.2 Å². The van der Waals surface area contributed by atoms with E-state index in [0.29, 0.717) is 54.7 Å². The van der Waals surface area contributed by atoms with E-state index in [2.05, 4.69) is 10.2 Å². The van der Waals surface area contributed by atoms with Crippen molar-refractivity contribution >= 4 is 33.4 Å². The van der Waals surface area contributed by atoms with Gasteiger partial charge in [0.1, 0.15) is 5.75 Å². The molecule has 40 heavy (non-hydrogen) atoms. The molecule has 0 spiro atoms. The average Bonchev–Trinajstić information content (AvgIpc) is 2.99. The quantitative estimate of drug-likeness (QED) is 0.368. The first-order valence-electron chi connectivity index (χ1n) is 12.6. The molecular weight excluding hydrogens is 534 g/mol. The molecule has 10 nitrogen and oxygen atoms in total. The van der Waals surface area contributed by atoms with Gasteiger partial charge in [0.15, 0.2) is 11.5 Å². The van der Waals surface area contributed by atoms with Gasteiger partial charge >= 0.3 is 0 Å². The molecule has 0 saturated carbocycles. The summed E-state index contributed by atoms with van der Waals surface area (Å²) in [5, 5.41) is 2.75. The summed E-state index contributed by atoms with van der Waals surface area (Å²) in [6.45, 7) is 1.80. The van der Waals surface area contributed by atoms with E-state index in [-0.39, 0.29) is 10.8 Å². The maximum atomic E-state index is 13.3. The number of piperazine rings is 1. The zero-order valence-corrected chi connectivity index (χ0v) is 23.7. The van der Waals surface area contributed by atoms with E-state index in [1.165, 1.54) is 43.8 Å². The van der Waals surface area contributed by atoms with Crippen molar-refractivity contribution in [2.24, 2.45) is 0 Å². The minimum atomic E-state index is -3.68. The van der Waals surface area contributed by atoms with Gasteiger partial charge < -0.3 is 29.2 Å². The Hall–Kier alpha value is -4.22. The third-order valence-electron chi connectivity index (χ3n) is 6.54. The highest BCUT2D eigenvalue weighted by Gasteiger charge is 2.29. The average molecular weight is 568 g/mol. The van der Waals surface area contributed by atoms with Gasteiger partial charge in [0.05, 0.1) is 39.0 Å². The summed E-state index contributed by atoms with van der Waals surface area (Å²) in [4.78, 5) is 14.8. The Morgan fingerprint density at radius 3 is 1.98 bits per heavy atom. The van der Waals surface area contributed by atoms with Crippen molar-refractivity contribution in [3.05, 3.63) is 72.3 Å². The molecule has 0 radical (unpaired) electrons. The first-order chi connectivity index (χ1) is 19.3. The van der Waals surface area contributed by atoms with Crippen molar-refractivity contribution in [3.63, 3.8) is 0 Å². The van der Waals surface area contributed by atoms with Gasteiger partial charge in [0, 0.05) is 37.9 Å². The number of ether oxygens (including phenoxy) is 4. The van der Waals surface area contributed by atoms with Crippen molar-refractivity contribution in [2.75, 3.05) is 64.8 Å². The SMILES string of the molecule is COc1ccccc1N1CCN(S(=O)(=O)c2ccc(NC(=O)/C=C/c3cc(OC)c(OC)c(OC)c3)cc2)CC1. The van der Waals surface area contributed by atoms with Crippen LogP contribution in [0.3, 0.4) is 0 Å². The Balaban J connectivity index is 1.38. The molecule has 11 heteroatoms. The number of carbonyl (C=O) groups is 1. The second kappa shape index (κ2) is 12.8. The Morgan fingerprint density at radius 1 is 0.800 bits per heavy atom. The number of para-hydroxylation sites is 2. The lowest BCUT2D eigenvalue weighted by molar-refractivity contribution is -0.111. The van der Waals surface area contributed by atoms with Gasteiger partial charge in [-0.1, -0.05) is 12.1 Å². The Kier molecular flexibility index (Phi) is 9.18. The number of carbonyl (C=O) groups excluding carboxylic acids is 1.